The molecule has 8 nitrogen and oxygen atoms in total. The van der Waals surface area contributed by atoms with E-state index >= 15 is 0 Å². The fourth-order valence-corrected chi connectivity index (χ4v) is 4.91. The molecule has 0 radical (unpaired) electrons. The average Bonchev–Trinajstić information content (AvgIpc) is 3.54. The van der Waals surface area contributed by atoms with Crippen molar-refractivity contribution >= 4 is 11.9 Å². The van der Waals surface area contributed by atoms with Gasteiger partial charge in [-0.2, -0.15) is 0 Å². The number of aliphatic hydroxyl groups excluding tert-OH is 1. The van der Waals surface area contributed by atoms with Gasteiger partial charge in [0.15, 0.2) is 0 Å². The summed E-state index contributed by atoms with van der Waals surface area (Å²) in [6.07, 6.45) is 9.86. The molecule has 0 bridgehead atoms. The molecule has 0 aromatic carbocycles. The van der Waals surface area contributed by atoms with Crippen molar-refractivity contribution in [3.8, 4) is 0 Å². The first-order valence-corrected chi connectivity index (χ1v) is 12.6. The fraction of sp³-hybridized carbons (Fsp3) is 0.704. The van der Waals surface area contributed by atoms with Crippen LogP contribution in [0.15, 0.2) is 36.0 Å². The molecule has 3 aliphatic rings. The Morgan fingerprint density at radius 3 is 2.57 bits per heavy atom. The number of aliphatic hydroxyl groups is 1. The lowest BCUT2D eigenvalue weighted by atomic mass is 9.87. The van der Waals surface area contributed by atoms with Crippen molar-refractivity contribution in [2.45, 2.75) is 109 Å². The highest BCUT2D eigenvalue weighted by Crippen LogP contribution is 2.42. The van der Waals surface area contributed by atoms with Crippen molar-refractivity contribution < 1.29 is 33.6 Å². The van der Waals surface area contributed by atoms with E-state index in [0.29, 0.717) is 6.61 Å². The SMILES string of the molecule is CC(=O)OC(C)/C=C\C(=O)NC1CC(C)C(C/C=C(C)/C=C/C2OC(C)CC3(CO3)C2O)OC1C. The van der Waals surface area contributed by atoms with Gasteiger partial charge in [-0.25, -0.2) is 0 Å². The zero-order chi connectivity index (χ0) is 25.8. The smallest absolute Gasteiger partial charge is 0.303 e. The van der Waals surface area contributed by atoms with Crippen molar-refractivity contribution in [1.29, 1.82) is 0 Å². The van der Waals surface area contributed by atoms with Gasteiger partial charge in [0.1, 0.15) is 23.9 Å². The standard InChI is InChI=1S/C27H41NO7/c1-16(8-11-24-26(31)27(15-32-27)14-19(4)34-24)7-10-23-17(2)13-22(20(5)35-23)28-25(30)12-9-18(3)33-21(6)29/h7-9,11-12,17-20,22-24,26,31H,10,13-15H2,1-6H3,(H,28,30)/b11-8+,12-9-,16-7+. The van der Waals surface area contributed by atoms with Crippen LogP contribution in [-0.2, 0) is 28.5 Å². The van der Waals surface area contributed by atoms with Crippen LogP contribution in [0.2, 0.25) is 0 Å². The van der Waals surface area contributed by atoms with E-state index in [9.17, 15) is 14.7 Å². The Hall–Kier alpha value is -2.00. The number of carbonyl (C=O) groups is 2. The average molecular weight is 492 g/mol. The molecule has 0 aromatic heterocycles. The van der Waals surface area contributed by atoms with Gasteiger partial charge in [-0.1, -0.05) is 30.7 Å². The highest BCUT2D eigenvalue weighted by atomic mass is 16.6. The highest BCUT2D eigenvalue weighted by Gasteiger charge is 2.57. The largest absolute Gasteiger partial charge is 0.459 e. The quantitative estimate of drug-likeness (QED) is 0.233. The number of ether oxygens (including phenoxy) is 4. The molecule has 2 N–H and O–H groups in total. The summed E-state index contributed by atoms with van der Waals surface area (Å²) < 4.78 is 22.7. The van der Waals surface area contributed by atoms with E-state index in [2.05, 4.69) is 18.3 Å². The van der Waals surface area contributed by atoms with Crippen molar-refractivity contribution in [3.63, 3.8) is 0 Å². The number of hydrogen-bond acceptors (Lipinski definition) is 7. The summed E-state index contributed by atoms with van der Waals surface area (Å²) in [6, 6.07) is -0.0868. The molecule has 9 atom stereocenters. The Kier molecular flexibility index (Phi) is 9.32. The number of rotatable bonds is 8. The Morgan fingerprint density at radius 1 is 1.20 bits per heavy atom. The van der Waals surface area contributed by atoms with Crippen LogP contribution in [0.3, 0.4) is 0 Å². The first-order chi connectivity index (χ1) is 16.5. The van der Waals surface area contributed by atoms with E-state index in [1.807, 2.05) is 32.9 Å². The maximum absolute atomic E-state index is 12.3. The molecular weight excluding hydrogens is 450 g/mol. The number of hydrogen-bond donors (Lipinski definition) is 2. The highest BCUT2D eigenvalue weighted by molar-refractivity contribution is 5.87. The number of carbonyl (C=O) groups excluding carboxylic acids is 2. The van der Waals surface area contributed by atoms with E-state index in [-0.39, 0.29) is 48.3 Å². The van der Waals surface area contributed by atoms with Crippen molar-refractivity contribution in [2.24, 2.45) is 5.92 Å². The predicted molar refractivity (Wildman–Crippen MR) is 132 cm³/mol. The van der Waals surface area contributed by atoms with Gasteiger partial charge in [0.05, 0.1) is 31.0 Å². The number of nitrogens with one attached hydrogen (secondary N) is 1. The Labute approximate surface area is 208 Å². The normalized spacial score (nSPS) is 38.6. The first-order valence-electron chi connectivity index (χ1n) is 12.6. The summed E-state index contributed by atoms with van der Waals surface area (Å²) in [5.74, 6) is -0.340. The van der Waals surface area contributed by atoms with E-state index in [1.54, 1.807) is 13.0 Å². The molecule has 1 amide bonds. The minimum Gasteiger partial charge on any atom is -0.459 e. The van der Waals surface area contributed by atoms with Crippen LogP contribution in [0.4, 0.5) is 0 Å². The number of epoxide rings is 1. The maximum Gasteiger partial charge on any atom is 0.303 e. The minimum atomic E-state index is -0.642. The first kappa shape index (κ1) is 27.6. The minimum absolute atomic E-state index is 0.0546. The molecular formula is C27H41NO7. The van der Waals surface area contributed by atoms with Gasteiger partial charge in [-0.3, -0.25) is 9.59 Å². The zero-order valence-electron chi connectivity index (χ0n) is 21.7. The van der Waals surface area contributed by atoms with Crippen LogP contribution in [0.1, 0.15) is 60.8 Å². The molecule has 0 aromatic rings. The van der Waals surface area contributed by atoms with Crippen LogP contribution in [0.5, 0.6) is 0 Å². The summed E-state index contributed by atoms with van der Waals surface area (Å²) >= 11 is 0. The topological polar surface area (TPSA) is 107 Å². The Morgan fingerprint density at radius 2 is 1.91 bits per heavy atom. The zero-order valence-corrected chi connectivity index (χ0v) is 21.7. The summed E-state index contributed by atoms with van der Waals surface area (Å²) in [5.41, 5.74) is 0.657. The summed E-state index contributed by atoms with van der Waals surface area (Å²) in [5, 5.41) is 13.6. The second-order valence-corrected chi connectivity index (χ2v) is 10.3. The van der Waals surface area contributed by atoms with Crippen LogP contribution >= 0.6 is 0 Å². The molecule has 0 saturated carbocycles. The van der Waals surface area contributed by atoms with Crippen molar-refractivity contribution in [2.75, 3.05) is 6.61 Å². The number of amides is 1. The second kappa shape index (κ2) is 11.8. The van der Waals surface area contributed by atoms with Crippen LogP contribution in [0, 0.1) is 5.92 Å². The van der Waals surface area contributed by atoms with Gasteiger partial charge in [-0.05, 0) is 52.5 Å². The van der Waals surface area contributed by atoms with E-state index < -0.39 is 17.8 Å². The Balaban J connectivity index is 1.47. The molecule has 8 heteroatoms. The predicted octanol–water partition coefficient (Wildman–Crippen LogP) is 2.99. The molecule has 3 saturated heterocycles. The van der Waals surface area contributed by atoms with Crippen LogP contribution in [0.25, 0.3) is 0 Å². The fourth-order valence-electron chi connectivity index (χ4n) is 4.91. The third kappa shape index (κ3) is 7.74. The van der Waals surface area contributed by atoms with Gasteiger partial charge >= 0.3 is 5.97 Å². The Bertz CT molecular complexity index is 846. The van der Waals surface area contributed by atoms with E-state index in [1.165, 1.54) is 13.0 Å². The molecule has 3 aliphatic heterocycles. The number of allylic oxidation sites excluding steroid dienone is 2. The lowest BCUT2D eigenvalue weighted by Crippen LogP contribution is -2.50. The van der Waals surface area contributed by atoms with Gasteiger partial charge in [0, 0.05) is 19.4 Å². The molecule has 9 unspecified atom stereocenters. The van der Waals surface area contributed by atoms with Gasteiger partial charge in [0.2, 0.25) is 5.91 Å². The molecule has 3 rings (SSSR count). The summed E-state index contributed by atoms with van der Waals surface area (Å²) in [7, 11) is 0. The monoisotopic (exact) mass is 491 g/mol. The van der Waals surface area contributed by atoms with E-state index in [0.717, 1.165) is 24.8 Å². The second-order valence-electron chi connectivity index (χ2n) is 10.3. The van der Waals surface area contributed by atoms with Gasteiger partial charge < -0.3 is 29.4 Å². The molecule has 35 heavy (non-hydrogen) atoms. The molecule has 0 aliphatic carbocycles. The lowest BCUT2D eigenvalue weighted by Gasteiger charge is -2.39. The van der Waals surface area contributed by atoms with Crippen LogP contribution in [-0.4, -0.2) is 71.9 Å². The maximum atomic E-state index is 12.3. The van der Waals surface area contributed by atoms with Crippen molar-refractivity contribution in [3.05, 3.63) is 36.0 Å². The molecule has 3 fully saturated rings. The molecule has 1 spiro atoms. The summed E-state index contributed by atoms with van der Waals surface area (Å²) in [4.78, 5) is 23.3. The summed E-state index contributed by atoms with van der Waals surface area (Å²) in [6.45, 7) is 11.8. The molecule has 196 valence electrons. The lowest BCUT2D eigenvalue weighted by molar-refractivity contribution is -0.143. The van der Waals surface area contributed by atoms with Crippen molar-refractivity contribution in [1.82, 2.24) is 5.32 Å². The van der Waals surface area contributed by atoms with Crippen LogP contribution < -0.4 is 5.32 Å². The van der Waals surface area contributed by atoms with Gasteiger partial charge in [-0.15, -0.1) is 0 Å². The molecule has 3 heterocycles. The van der Waals surface area contributed by atoms with E-state index in [4.69, 9.17) is 18.9 Å². The number of esters is 1. The third-order valence-corrected chi connectivity index (χ3v) is 7.02. The third-order valence-electron chi connectivity index (χ3n) is 7.02. The van der Waals surface area contributed by atoms with Gasteiger partial charge in [0.25, 0.3) is 0 Å².